The van der Waals surface area contributed by atoms with Crippen molar-refractivity contribution in [2.45, 2.75) is 36.9 Å². The molecule has 2 aromatic rings. The van der Waals surface area contributed by atoms with E-state index in [4.69, 9.17) is 5.73 Å². The van der Waals surface area contributed by atoms with Gasteiger partial charge < -0.3 is 10.6 Å². The third kappa shape index (κ3) is 3.97. The molecule has 0 atom stereocenters. The number of hydrogen-bond donors (Lipinski definition) is 1. The summed E-state index contributed by atoms with van der Waals surface area (Å²) in [5.74, 6) is 0.816. The minimum Gasteiger partial charge on any atom is -0.369 e. The number of piperidine rings is 1. The summed E-state index contributed by atoms with van der Waals surface area (Å²) in [7, 11) is 0. The lowest BCUT2D eigenvalue weighted by molar-refractivity contribution is -0.132. The van der Waals surface area contributed by atoms with Crippen molar-refractivity contribution >= 4 is 23.6 Å². The summed E-state index contributed by atoms with van der Waals surface area (Å²) in [6.07, 6.45) is 7.02. The van der Waals surface area contributed by atoms with Crippen molar-refractivity contribution in [1.82, 2.24) is 24.6 Å². The molecule has 27 heavy (non-hydrogen) atoms. The normalized spacial score (nSPS) is 17.9. The summed E-state index contributed by atoms with van der Waals surface area (Å²) in [6.45, 7) is 1.17. The van der Waals surface area contributed by atoms with Crippen LogP contribution in [0.4, 0.5) is 0 Å². The number of hydrogen-bond acceptors (Lipinski definition) is 6. The summed E-state index contributed by atoms with van der Waals surface area (Å²) in [5.41, 5.74) is 6.29. The highest BCUT2D eigenvalue weighted by Gasteiger charge is 2.31. The first-order valence-corrected chi connectivity index (χ1v) is 10.2. The Balaban J connectivity index is 1.41. The maximum atomic E-state index is 12.5. The van der Waals surface area contributed by atoms with Crippen molar-refractivity contribution in [2.75, 3.05) is 18.8 Å². The van der Waals surface area contributed by atoms with E-state index in [1.165, 1.54) is 11.8 Å². The number of pyridine rings is 1. The van der Waals surface area contributed by atoms with Crippen molar-refractivity contribution in [3.8, 4) is 11.4 Å². The molecule has 9 heteroatoms. The van der Waals surface area contributed by atoms with Crippen LogP contribution in [-0.2, 0) is 9.59 Å². The molecule has 1 saturated heterocycles. The number of aromatic nitrogens is 4. The van der Waals surface area contributed by atoms with E-state index < -0.39 is 0 Å². The number of nitrogens with zero attached hydrogens (tertiary/aromatic N) is 5. The summed E-state index contributed by atoms with van der Waals surface area (Å²) in [5, 5.41) is 9.44. The lowest BCUT2D eigenvalue weighted by Crippen LogP contribution is -2.42. The Morgan fingerprint density at radius 2 is 1.96 bits per heavy atom. The zero-order valence-corrected chi connectivity index (χ0v) is 15.8. The predicted molar refractivity (Wildman–Crippen MR) is 101 cm³/mol. The molecule has 2 aromatic heterocycles. The van der Waals surface area contributed by atoms with Crippen molar-refractivity contribution in [1.29, 1.82) is 0 Å². The molecule has 0 spiro atoms. The molecule has 8 nitrogen and oxygen atoms in total. The van der Waals surface area contributed by atoms with E-state index in [1.807, 2.05) is 17.0 Å². The third-order valence-electron chi connectivity index (χ3n) is 5.07. The first kappa shape index (κ1) is 18.0. The van der Waals surface area contributed by atoms with E-state index in [0.717, 1.165) is 29.4 Å². The molecule has 3 heterocycles. The van der Waals surface area contributed by atoms with Crippen LogP contribution in [-0.4, -0.2) is 55.3 Å². The van der Waals surface area contributed by atoms with E-state index in [0.29, 0.717) is 37.7 Å². The summed E-state index contributed by atoms with van der Waals surface area (Å²) < 4.78 is 2.13. The van der Waals surface area contributed by atoms with Crippen LogP contribution in [0.5, 0.6) is 0 Å². The number of carbonyl (C=O) groups excluding carboxylic acids is 2. The Labute approximate surface area is 161 Å². The molecule has 1 aliphatic heterocycles. The first-order chi connectivity index (χ1) is 13.1. The molecule has 2 N–H and O–H groups in total. The summed E-state index contributed by atoms with van der Waals surface area (Å²) in [6, 6.07) is 4.25. The second kappa shape index (κ2) is 7.67. The highest BCUT2D eigenvalue weighted by Crippen LogP contribution is 2.41. The van der Waals surface area contributed by atoms with Gasteiger partial charge in [0, 0.05) is 43.0 Å². The van der Waals surface area contributed by atoms with Gasteiger partial charge in [0.1, 0.15) is 0 Å². The number of rotatable bonds is 6. The number of likely N-dealkylation sites (tertiary alicyclic amines) is 1. The molecule has 1 aliphatic carbocycles. The second-order valence-electron chi connectivity index (χ2n) is 7.00. The Kier molecular flexibility index (Phi) is 5.11. The minimum atomic E-state index is -0.267. The molecule has 0 aromatic carbocycles. The molecule has 4 rings (SSSR count). The van der Waals surface area contributed by atoms with Crippen molar-refractivity contribution in [3.05, 3.63) is 24.5 Å². The Bertz CT molecular complexity index is 828. The van der Waals surface area contributed by atoms with Crippen LogP contribution in [0.3, 0.4) is 0 Å². The van der Waals surface area contributed by atoms with Crippen LogP contribution in [0.25, 0.3) is 11.4 Å². The van der Waals surface area contributed by atoms with Gasteiger partial charge in [-0.05, 0) is 37.8 Å². The van der Waals surface area contributed by atoms with Crippen LogP contribution < -0.4 is 5.73 Å². The fourth-order valence-electron chi connectivity index (χ4n) is 3.36. The van der Waals surface area contributed by atoms with Gasteiger partial charge in [-0.25, -0.2) is 0 Å². The van der Waals surface area contributed by atoms with E-state index in [9.17, 15) is 9.59 Å². The number of thioether (sulfide) groups is 1. The average molecular weight is 386 g/mol. The van der Waals surface area contributed by atoms with Gasteiger partial charge in [0.15, 0.2) is 11.0 Å². The first-order valence-electron chi connectivity index (χ1n) is 9.18. The molecule has 0 radical (unpaired) electrons. The summed E-state index contributed by atoms with van der Waals surface area (Å²) >= 11 is 1.43. The zero-order valence-electron chi connectivity index (χ0n) is 15.0. The molecular weight excluding hydrogens is 364 g/mol. The predicted octanol–water partition coefficient (Wildman–Crippen LogP) is 1.49. The van der Waals surface area contributed by atoms with Crippen molar-refractivity contribution in [3.63, 3.8) is 0 Å². The van der Waals surface area contributed by atoms with Crippen LogP contribution >= 0.6 is 11.8 Å². The fourth-order valence-corrected chi connectivity index (χ4v) is 4.27. The Hall–Kier alpha value is -2.42. The van der Waals surface area contributed by atoms with Crippen LogP contribution in [0.15, 0.2) is 29.7 Å². The molecule has 2 aliphatic rings. The number of primary amides is 1. The molecule has 0 unspecified atom stereocenters. The van der Waals surface area contributed by atoms with Gasteiger partial charge in [0.05, 0.1) is 5.75 Å². The third-order valence-corrected chi connectivity index (χ3v) is 6.00. The van der Waals surface area contributed by atoms with Gasteiger partial charge in [0.25, 0.3) is 0 Å². The standard InChI is InChI=1S/C18H22N6O2S/c19-16(26)12-5-8-23(9-6-12)15(25)11-27-18-22-21-17(24(18)14-3-4-14)13-2-1-7-20-10-13/h1-2,7,10,12,14H,3-6,8-9,11H2,(H2,19,26). The summed E-state index contributed by atoms with van der Waals surface area (Å²) in [4.78, 5) is 29.8. The van der Waals surface area contributed by atoms with E-state index >= 15 is 0 Å². The molecule has 1 saturated carbocycles. The topological polar surface area (TPSA) is 107 Å². The van der Waals surface area contributed by atoms with Gasteiger partial charge in [-0.3, -0.25) is 19.1 Å². The van der Waals surface area contributed by atoms with Gasteiger partial charge in [-0.2, -0.15) is 0 Å². The maximum absolute atomic E-state index is 12.5. The van der Waals surface area contributed by atoms with Gasteiger partial charge in [0.2, 0.25) is 11.8 Å². The molecule has 2 fully saturated rings. The van der Waals surface area contributed by atoms with Crippen LogP contribution in [0, 0.1) is 5.92 Å². The van der Waals surface area contributed by atoms with Crippen molar-refractivity contribution in [2.24, 2.45) is 11.7 Å². The maximum Gasteiger partial charge on any atom is 0.233 e. The highest BCUT2D eigenvalue weighted by molar-refractivity contribution is 7.99. The average Bonchev–Trinajstić information content (AvgIpc) is 3.45. The van der Waals surface area contributed by atoms with Crippen LogP contribution in [0.2, 0.25) is 0 Å². The fraction of sp³-hybridized carbons (Fsp3) is 0.500. The van der Waals surface area contributed by atoms with E-state index in [1.54, 1.807) is 12.4 Å². The Morgan fingerprint density at radius 3 is 2.59 bits per heavy atom. The smallest absolute Gasteiger partial charge is 0.233 e. The lowest BCUT2D eigenvalue weighted by atomic mass is 9.96. The quantitative estimate of drug-likeness (QED) is 0.754. The number of nitrogens with two attached hydrogens (primary N) is 1. The minimum absolute atomic E-state index is 0.0659. The van der Waals surface area contributed by atoms with E-state index in [-0.39, 0.29) is 17.7 Å². The molecule has 0 bridgehead atoms. The molecule has 142 valence electrons. The number of amides is 2. The van der Waals surface area contributed by atoms with Gasteiger partial charge in [-0.15, -0.1) is 10.2 Å². The van der Waals surface area contributed by atoms with Crippen molar-refractivity contribution < 1.29 is 9.59 Å². The highest BCUT2D eigenvalue weighted by atomic mass is 32.2. The van der Waals surface area contributed by atoms with Crippen LogP contribution in [0.1, 0.15) is 31.7 Å². The zero-order chi connectivity index (χ0) is 18.8. The Morgan fingerprint density at radius 1 is 1.19 bits per heavy atom. The SMILES string of the molecule is NC(=O)C1CCN(C(=O)CSc2nnc(-c3cccnc3)n2C2CC2)CC1. The second-order valence-corrected chi connectivity index (χ2v) is 7.94. The number of carbonyl (C=O) groups is 2. The molecule has 2 amide bonds. The lowest BCUT2D eigenvalue weighted by Gasteiger charge is -2.30. The largest absolute Gasteiger partial charge is 0.369 e. The van der Waals surface area contributed by atoms with E-state index in [2.05, 4.69) is 19.7 Å². The van der Waals surface area contributed by atoms with Gasteiger partial charge >= 0.3 is 0 Å². The van der Waals surface area contributed by atoms with Gasteiger partial charge in [-0.1, -0.05) is 11.8 Å². The monoisotopic (exact) mass is 386 g/mol. The molecular formula is C18H22N6O2S.